The minimum absolute atomic E-state index is 0.00882. The zero-order valence-electron chi connectivity index (χ0n) is 10.2. The monoisotopic (exact) mass is 370 g/mol. The number of carboxylic acids is 1. The molecule has 104 valence electrons. The molecule has 3 N–H and O–H groups in total. The maximum absolute atomic E-state index is 11.4. The second-order valence-electron chi connectivity index (χ2n) is 4.41. The Balaban J connectivity index is 2.08. The molecule has 0 aromatic rings. The van der Waals surface area contributed by atoms with Crippen LogP contribution in [0.1, 0.15) is 38.5 Å². The molecule has 0 aromatic carbocycles. The Hall–Kier alpha value is -0.570. The Kier molecular flexibility index (Phi) is 7.33. The summed E-state index contributed by atoms with van der Waals surface area (Å²) in [5, 5.41) is 11.0. The van der Waals surface area contributed by atoms with Crippen LogP contribution >= 0.6 is 22.9 Å². The first-order valence-corrected chi connectivity index (χ1v) is 7.22. The minimum Gasteiger partial charge on any atom is -0.481 e. The normalized spacial score (nSPS) is 23.4. The van der Waals surface area contributed by atoms with E-state index in [9.17, 15) is 9.59 Å². The van der Waals surface area contributed by atoms with Gasteiger partial charge in [-0.25, -0.2) is 4.79 Å². The second kappa shape index (κ2) is 8.52. The molecule has 0 aromatic heterocycles. The van der Waals surface area contributed by atoms with Crippen LogP contribution in [-0.4, -0.2) is 35.9 Å². The van der Waals surface area contributed by atoms with Crippen molar-refractivity contribution in [1.82, 2.24) is 8.85 Å². The van der Waals surface area contributed by atoms with E-state index in [2.05, 4.69) is 31.7 Å². The maximum atomic E-state index is 11.4. The molecule has 1 aliphatic carbocycles. The predicted molar refractivity (Wildman–Crippen MR) is 74.6 cm³/mol. The van der Waals surface area contributed by atoms with Crippen LogP contribution in [0.25, 0.3) is 0 Å². The summed E-state index contributed by atoms with van der Waals surface area (Å²) in [5.41, 5.74) is 0. The van der Waals surface area contributed by atoms with E-state index in [1.54, 1.807) is 0 Å². The first-order chi connectivity index (χ1) is 8.61. The van der Waals surface area contributed by atoms with Gasteiger partial charge in [0.1, 0.15) is 6.10 Å². The van der Waals surface area contributed by atoms with Gasteiger partial charge >= 0.3 is 12.1 Å². The number of hydrogen-bond donors (Lipinski definition) is 3. The lowest BCUT2D eigenvalue weighted by molar-refractivity contribution is -0.137. The van der Waals surface area contributed by atoms with Crippen LogP contribution in [0.3, 0.4) is 0 Å². The van der Waals surface area contributed by atoms with Crippen molar-refractivity contribution in [2.24, 2.45) is 0 Å². The summed E-state index contributed by atoms with van der Waals surface area (Å²) in [6.07, 6.45) is 3.83. The van der Waals surface area contributed by atoms with Crippen LogP contribution in [0, 0.1) is 0 Å². The molecule has 7 heteroatoms. The molecule has 0 unspecified atom stereocenters. The zero-order chi connectivity index (χ0) is 13.4. The van der Waals surface area contributed by atoms with E-state index in [1.807, 2.05) is 0 Å². The SMILES string of the molecule is O=C(O)CCCNC(=O)O[C@H]1CC[C@H](NI)CC1. The zero-order valence-corrected chi connectivity index (χ0v) is 12.3. The Morgan fingerprint density at radius 1 is 1.28 bits per heavy atom. The number of hydrogen-bond acceptors (Lipinski definition) is 4. The summed E-state index contributed by atoms with van der Waals surface area (Å²) < 4.78 is 8.45. The second-order valence-corrected chi connectivity index (χ2v) is 5.03. The Morgan fingerprint density at radius 2 is 1.94 bits per heavy atom. The standard InChI is InChI=1S/C11H19IN2O4/c12-14-8-3-5-9(6-4-8)18-11(17)13-7-1-2-10(15)16/h8-9,14H,1-7H2,(H,13,17)(H,15,16)/t8-,9-. The third-order valence-corrected chi connectivity index (χ3v) is 3.82. The van der Waals surface area contributed by atoms with Crippen LogP contribution in [0.15, 0.2) is 0 Å². The number of halogens is 1. The van der Waals surface area contributed by atoms with Crippen molar-refractivity contribution in [1.29, 1.82) is 0 Å². The van der Waals surface area contributed by atoms with E-state index in [0.29, 0.717) is 19.0 Å². The molecule has 0 heterocycles. The van der Waals surface area contributed by atoms with E-state index in [-0.39, 0.29) is 12.5 Å². The number of carbonyl (C=O) groups is 2. The van der Waals surface area contributed by atoms with E-state index >= 15 is 0 Å². The number of carboxylic acid groups (broad SMARTS) is 1. The van der Waals surface area contributed by atoms with E-state index in [4.69, 9.17) is 9.84 Å². The molecule has 1 rings (SSSR count). The molecule has 1 amide bonds. The summed E-state index contributed by atoms with van der Waals surface area (Å²) >= 11 is 2.15. The predicted octanol–water partition coefficient (Wildman–Crippen LogP) is 1.83. The van der Waals surface area contributed by atoms with Crippen molar-refractivity contribution in [2.45, 2.75) is 50.7 Å². The third kappa shape index (κ3) is 6.39. The first kappa shape index (κ1) is 15.5. The lowest BCUT2D eigenvalue weighted by Gasteiger charge is -2.27. The number of aliphatic carboxylic acids is 1. The first-order valence-electron chi connectivity index (χ1n) is 6.14. The van der Waals surface area contributed by atoms with E-state index in [1.165, 1.54) is 0 Å². The molecule has 1 aliphatic rings. The molecule has 0 radical (unpaired) electrons. The molecule has 0 bridgehead atoms. The number of rotatable bonds is 6. The minimum atomic E-state index is -0.852. The highest BCUT2D eigenvalue weighted by atomic mass is 127. The van der Waals surface area contributed by atoms with Gasteiger partial charge < -0.3 is 15.2 Å². The number of alkyl carbamates (subject to hydrolysis) is 1. The molecular weight excluding hydrogens is 351 g/mol. The van der Waals surface area contributed by atoms with Crippen molar-refractivity contribution in [2.75, 3.05) is 6.54 Å². The topological polar surface area (TPSA) is 87.7 Å². The van der Waals surface area contributed by atoms with Crippen LogP contribution < -0.4 is 8.85 Å². The van der Waals surface area contributed by atoms with Crippen LogP contribution in [0.5, 0.6) is 0 Å². The molecule has 0 spiro atoms. The Labute approximate surface area is 120 Å². The van der Waals surface area contributed by atoms with Gasteiger partial charge in [-0.3, -0.25) is 8.32 Å². The number of ether oxygens (including phenoxy) is 1. The summed E-state index contributed by atoms with van der Waals surface area (Å²) in [5.74, 6) is -0.852. The summed E-state index contributed by atoms with van der Waals surface area (Å²) in [7, 11) is 0. The fourth-order valence-corrected chi connectivity index (χ4v) is 2.54. The lowest BCUT2D eigenvalue weighted by atomic mass is 9.94. The van der Waals surface area contributed by atoms with Gasteiger partial charge in [-0.15, -0.1) is 0 Å². The fourth-order valence-electron chi connectivity index (χ4n) is 1.91. The molecule has 0 aliphatic heterocycles. The van der Waals surface area contributed by atoms with Gasteiger partial charge in [0.15, 0.2) is 0 Å². The average molecular weight is 370 g/mol. The fraction of sp³-hybridized carbons (Fsp3) is 0.818. The smallest absolute Gasteiger partial charge is 0.407 e. The lowest BCUT2D eigenvalue weighted by Crippen LogP contribution is -2.35. The van der Waals surface area contributed by atoms with E-state index in [0.717, 1.165) is 25.7 Å². The van der Waals surface area contributed by atoms with Crippen molar-refractivity contribution in [3.8, 4) is 0 Å². The number of nitrogens with one attached hydrogen (secondary N) is 2. The highest BCUT2D eigenvalue weighted by molar-refractivity contribution is 14.1. The Morgan fingerprint density at radius 3 is 2.50 bits per heavy atom. The number of amides is 1. The van der Waals surface area contributed by atoms with Crippen LogP contribution in [0.2, 0.25) is 0 Å². The van der Waals surface area contributed by atoms with Crippen molar-refractivity contribution < 1.29 is 19.4 Å². The van der Waals surface area contributed by atoms with Gasteiger partial charge in [-0.2, -0.15) is 0 Å². The summed E-state index contributed by atoms with van der Waals surface area (Å²) in [4.78, 5) is 21.7. The summed E-state index contributed by atoms with van der Waals surface area (Å²) in [6, 6.07) is 0.518. The highest BCUT2D eigenvalue weighted by Crippen LogP contribution is 2.21. The summed E-state index contributed by atoms with van der Waals surface area (Å²) in [6.45, 7) is 0.343. The number of carbonyl (C=O) groups excluding carboxylic acids is 1. The quantitative estimate of drug-likeness (QED) is 0.377. The highest BCUT2D eigenvalue weighted by Gasteiger charge is 2.22. The third-order valence-electron chi connectivity index (χ3n) is 2.94. The van der Waals surface area contributed by atoms with Gasteiger partial charge in [0.2, 0.25) is 0 Å². The van der Waals surface area contributed by atoms with Crippen molar-refractivity contribution >= 4 is 34.9 Å². The molecule has 6 nitrogen and oxygen atoms in total. The van der Waals surface area contributed by atoms with Crippen LogP contribution in [0.4, 0.5) is 4.79 Å². The van der Waals surface area contributed by atoms with Gasteiger partial charge in [-0.05, 0) is 32.1 Å². The van der Waals surface area contributed by atoms with Gasteiger partial charge in [0.25, 0.3) is 0 Å². The Bertz CT molecular complexity index is 280. The average Bonchev–Trinajstić information content (AvgIpc) is 2.35. The van der Waals surface area contributed by atoms with Gasteiger partial charge in [0.05, 0.1) is 0 Å². The molecule has 18 heavy (non-hydrogen) atoms. The largest absolute Gasteiger partial charge is 0.481 e. The van der Waals surface area contributed by atoms with Gasteiger partial charge in [-0.1, -0.05) is 0 Å². The van der Waals surface area contributed by atoms with Crippen molar-refractivity contribution in [3.05, 3.63) is 0 Å². The molecule has 0 atom stereocenters. The van der Waals surface area contributed by atoms with Crippen LogP contribution in [-0.2, 0) is 9.53 Å². The molecular formula is C11H19IN2O4. The molecule has 1 saturated carbocycles. The molecule has 0 saturated heterocycles. The van der Waals surface area contributed by atoms with Crippen molar-refractivity contribution in [3.63, 3.8) is 0 Å². The molecule has 1 fully saturated rings. The maximum Gasteiger partial charge on any atom is 0.407 e. The van der Waals surface area contributed by atoms with E-state index < -0.39 is 12.1 Å². The van der Waals surface area contributed by atoms with Gasteiger partial charge in [0, 0.05) is 41.9 Å².